The van der Waals surface area contributed by atoms with Crippen LogP contribution >= 0.6 is 11.3 Å². The van der Waals surface area contributed by atoms with Gasteiger partial charge in [-0.1, -0.05) is 0 Å². The van der Waals surface area contributed by atoms with Crippen LogP contribution in [0.2, 0.25) is 0 Å². The monoisotopic (exact) mass is 460 g/mol. The van der Waals surface area contributed by atoms with Gasteiger partial charge in [0.25, 0.3) is 5.56 Å². The second-order valence-electron chi connectivity index (χ2n) is 8.18. The topological polar surface area (TPSA) is 116 Å². The molecule has 3 N–H and O–H groups in total. The van der Waals surface area contributed by atoms with E-state index in [1.165, 1.54) is 23.8 Å². The highest BCUT2D eigenvalue weighted by atomic mass is 32.1. The zero-order chi connectivity index (χ0) is 22.7. The van der Waals surface area contributed by atoms with Crippen molar-refractivity contribution in [3.63, 3.8) is 0 Å². The Morgan fingerprint density at radius 3 is 2.88 bits per heavy atom. The molecule has 1 aliphatic rings. The number of nitrogen functional groups attached to an aromatic ring is 1. The summed E-state index contributed by atoms with van der Waals surface area (Å²) in [7, 11) is 1.65. The summed E-state index contributed by atoms with van der Waals surface area (Å²) >= 11 is 1.31. The fourth-order valence-electron chi connectivity index (χ4n) is 4.26. The Morgan fingerprint density at radius 1 is 1.30 bits per heavy atom. The number of phenols is 1. The molecular weight excluding hydrogens is 440 g/mol. The largest absolute Gasteiger partial charge is 0.506 e. The van der Waals surface area contributed by atoms with Crippen LogP contribution in [-0.2, 0) is 6.54 Å². The van der Waals surface area contributed by atoms with Crippen molar-refractivity contribution in [2.45, 2.75) is 25.3 Å². The van der Waals surface area contributed by atoms with E-state index >= 15 is 0 Å². The second-order valence-corrected chi connectivity index (χ2v) is 9.18. The lowest BCUT2D eigenvalue weighted by molar-refractivity contribution is 0.414. The number of oxazole rings is 1. The van der Waals surface area contributed by atoms with E-state index in [-0.39, 0.29) is 23.5 Å². The standard InChI is InChI=1S/C24H20N4O4S/c1-31-13-4-5-15(17(8-13)12-2-3-12)22-27-23-19(16-6-7-18(29)20(25)21(16)33-23)24(30)28(22)10-14-9-26-11-32-14/h4-9,11-12,29H,2-3,10,25H2,1H3. The fourth-order valence-corrected chi connectivity index (χ4v) is 5.38. The molecule has 0 amide bonds. The molecule has 0 atom stereocenters. The van der Waals surface area contributed by atoms with Gasteiger partial charge in [-0.3, -0.25) is 9.36 Å². The second kappa shape index (κ2) is 7.35. The molecule has 0 radical (unpaired) electrons. The van der Waals surface area contributed by atoms with Gasteiger partial charge in [-0.05, 0) is 54.7 Å². The van der Waals surface area contributed by atoms with E-state index in [4.69, 9.17) is 19.9 Å². The van der Waals surface area contributed by atoms with Gasteiger partial charge in [0.15, 0.2) is 6.39 Å². The van der Waals surface area contributed by atoms with Crippen LogP contribution in [0.3, 0.4) is 0 Å². The van der Waals surface area contributed by atoms with Crippen LogP contribution in [0.1, 0.15) is 30.1 Å². The number of ether oxygens (including phenoxy) is 1. The summed E-state index contributed by atoms with van der Waals surface area (Å²) in [4.78, 5) is 23.4. The Labute approximate surface area is 191 Å². The van der Waals surface area contributed by atoms with Gasteiger partial charge in [-0.15, -0.1) is 11.3 Å². The molecule has 0 saturated heterocycles. The average molecular weight is 461 g/mol. The number of phenolic OH excluding ortho intramolecular Hbond substituents is 1. The number of hydrogen-bond donors (Lipinski definition) is 2. The summed E-state index contributed by atoms with van der Waals surface area (Å²) in [5.74, 6) is 2.29. The maximum absolute atomic E-state index is 13.9. The van der Waals surface area contributed by atoms with E-state index in [0.29, 0.717) is 37.8 Å². The number of nitrogens with zero attached hydrogens (tertiary/aromatic N) is 3. The number of methoxy groups -OCH3 is 1. The normalized spacial score (nSPS) is 13.7. The summed E-state index contributed by atoms with van der Waals surface area (Å²) in [6, 6.07) is 9.10. The van der Waals surface area contributed by atoms with Crippen LogP contribution in [-0.4, -0.2) is 26.8 Å². The molecule has 3 heterocycles. The molecule has 5 aromatic rings. The molecule has 1 fully saturated rings. The molecule has 3 aromatic heterocycles. The number of fused-ring (bicyclic) bond motifs is 3. The van der Waals surface area contributed by atoms with Gasteiger partial charge >= 0.3 is 0 Å². The number of thiophene rings is 1. The third-order valence-electron chi connectivity index (χ3n) is 6.09. The molecule has 1 aliphatic carbocycles. The summed E-state index contributed by atoms with van der Waals surface area (Å²) in [6.45, 7) is 0.193. The van der Waals surface area contributed by atoms with E-state index in [2.05, 4.69) is 4.98 Å². The lowest BCUT2D eigenvalue weighted by Gasteiger charge is -2.15. The first kappa shape index (κ1) is 19.8. The summed E-state index contributed by atoms with van der Waals surface area (Å²) in [6.07, 6.45) is 5.12. The minimum atomic E-state index is -0.194. The molecule has 33 heavy (non-hydrogen) atoms. The van der Waals surface area contributed by atoms with E-state index in [9.17, 15) is 9.90 Å². The number of rotatable bonds is 5. The van der Waals surface area contributed by atoms with Crippen molar-refractivity contribution in [2.24, 2.45) is 0 Å². The molecule has 2 aromatic carbocycles. The van der Waals surface area contributed by atoms with Gasteiger partial charge in [-0.25, -0.2) is 9.97 Å². The number of nitrogens with two attached hydrogens (primary N) is 1. The number of aromatic nitrogens is 3. The van der Waals surface area contributed by atoms with E-state index in [1.807, 2.05) is 18.2 Å². The Morgan fingerprint density at radius 2 is 2.15 bits per heavy atom. The maximum atomic E-state index is 13.9. The zero-order valence-corrected chi connectivity index (χ0v) is 18.6. The van der Waals surface area contributed by atoms with Crippen molar-refractivity contribution < 1.29 is 14.3 Å². The SMILES string of the molecule is COc1ccc(-c2nc3sc4c(N)c(O)ccc4c3c(=O)n2Cc2cnco2)c(C2CC2)c1. The van der Waals surface area contributed by atoms with Gasteiger partial charge < -0.3 is 20.0 Å². The Hall–Kier alpha value is -3.85. The molecule has 0 bridgehead atoms. The van der Waals surface area contributed by atoms with Crippen molar-refractivity contribution in [2.75, 3.05) is 12.8 Å². The highest BCUT2D eigenvalue weighted by molar-refractivity contribution is 7.26. The quantitative estimate of drug-likeness (QED) is 0.293. The van der Waals surface area contributed by atoms with Crippen molar-refractivity contribution in [3.8, 4) is 22.9 Å². The molecule has 0 unspecified atom stereocenters. The van der Waals surface area contributed by atoms with Crippen molar-refractivity contribution >= 4 is 37.3 Å². The molecule has 0 spiro atoms. The number of benzene rings is 2. The first-order valence-electron chi connectivity index (χ1n) is 10.6. The summed E-state index contributed by atoms with van der Waals surface area (Å²) < 4.78 is 13.2. The Balaban J connectivity index is 1.68. The molecule has 1 saturated carbocycles. The van der Waals surface area contributed by atoms with Crippen LogP contribution in [0.15, 0.2) is 52.1 Å². The minimum Gasteiger partial charge on any atom is -0.506 e. The first-order valence-corrected chi connectivity index (χ1v) is 11.4. The third kappa shape index (κ3) is 3.15. The molecule has 6 rings (SSSR count). The molecule has 166 valence electrons. The van der Waals surface area contributed by atoms with Crippen LogP contribution in [0.25, 0.3) is 31.7 Å². The predicted octanol–water partition coefficient (Wildman–Crippen LogP) is 4.49. The van der Waals surface area contributed by atoms with Gasteiger partial charge in [-0.2, -0.15) is 0 Å². The highest BCUT2D eigenvalue weighted by Crippen LogP contribution is 2.46. The third-order valence-corrected chi connectivity index (χ3v) is 7.22. The molecule has 8 nitrogen and oxygen atoms in total. The molecular formula is C24H20N4O4S. The Bertz CT molecular complexity index is 1580. The van der Waals surface area contributed by atoms with Crippen molar-refractivity contribution in [3.05, 3.63) is 64.6 Å². The number of hydrogen-bond acceptors (Lipinski definition) is 8. The van der Waals surface area contributed by atoms with E-state index in [0.717, 1.165) is 29.7 Å². The lowest BCUT2D eigenvalue weighted by Crippen LogP contribution is -2.24. The van der Waals surface area contributed by atoms with Crippen molar-refractivity contribution in [1.82, 2.24) is 14.5 Å². The highest BCUT2D eigenvalue weighted by Gasteiger charge is 2.29. The Kier molecular flexibility index (Phi) is 4.41. The van der Waals surface area contributed by atoms with Crippen LogP contribution < -0.4 is 16.0 Å². The summed E-state index contributed by atoms with van der Waals surface area (Å²) in [5.41, 5.74) is 8.19. The van der Waals surface area contributed by atoms with Crippen LogP contribution in [0.4, 0.5) is 5.69 Å². The first-order chi connectivity index (χ1) is 16.0. The zero-order valence-electron chi connectivity index (χ0n) is 17.7. The van der Waals surface area contributed by atoms with Crippen LogP contribution in [0, 0.1) is 0 Å². The van der Waals surface area contributed by atoms with Crippen molar-refractivity contribution in [1.29, 1.82) is 0 Å². The minimum absolute atomic E-state index is 0.0116. The predicted molar refractivity (Wildman–Crippen MR) is 127 cm³/mol. The molecule has 9 heteroatoms. The van der Waals surface area contributed by atoms with E-state index in [1.54, 1.807) is 23.9 Å². The number of aromatic hydroxyl groups is 1. The number of anilines is 1. The van der Waals surface area contributed by atoms with Gasteiger partial charge in [0.2, 0.25) is 0 Å². The van der Waals surface area contributed by atoms with Gasteiger partial charge in [0, 0.05) is 10.9 Å². The maximum Gasteiger partial charge on any atom is 0.263 e. The van der Waals surface area contributed by atoms with Crippen LogP contribution in [0.5, 0.6) is 11.5 Å². The smallest absolute Gasteiger partial charge is 0.263 e. The summed E-state index contributed by atoms with van der Waals surface area (Å²) in [5, 5.41) is 11.2. The van der Waals surface area contributed by atoms with Gasteiger partial charge in [0.1, 0.15) is 27.9 Å². The fraction of sp³-hybridized carbons (Fsp3) is 0.208. The van der Waals surface area contributed by atoms with E-state index < -0.39 is 0 Å². The van der Waals surface area contributed by atoms with Gasteiger partial charge in [0.05, 0.1) is 35.6 Å². The lowest BCUT2D eigenvalue weighted by atomic mass is 10.0. The average Bonchev–Trinajstić information content (AvgIpc) is 3.41. The molecule has 0 aliphatic heterocycles.